The minimum absolute atomic E-state index is 0.248. The van der Waals surface area contributed by atoms with Gasteiger partial charge < -0.3 is 13.7 Å². The van der Waals surface area contributed by atoms with Gasteiger partial charge in [-0.25, -0.2) is 0 Å². The highest BCUT2D eigenvalue weighted by molar-refractivity contribution is 6.24. The molecule has 3 nitrogen and oxygen atoms in total. The summed E-state index contributed by atoms with van der Waals surface area (Å²) in [5.74, 6) is 1.82. The number of hydrogen-bond donors (Lipinski definition) is 0. The molecule has 0 amide bonds. The molecule has 1 aliphatic heterocycles. The normalized spacial score (nSPS) is 13.3. The summed E-state index contributed by atoms with van der Waals surface area (Å²) in [6.07, 6.45) is 0. The Hall–Kier alpha value is -7.88. The van der Waals surface area contributed by atoms with Gasteiger partial charge in [0, 0.05) is 60.5 Å². The maximum atomic E-state index is 6.96. The molecule has 1 aliphatic rings. The van der Waals surface area contributed by atoms with Crippen LogP contribution in [0.25, 0.3) is 104 Å². The van der Waals surface area contributed by atoms with Gasteiger partial charge in [0.25, 0.3) is 0 Å². The molecular formula is C59H39NO2. The average molecular weight is 794 g/mol. The van der Waals surface area contributed by atoms with Gasteiger partial charge in [0.05, 0.1) is 11.0 Å². The Morgan fingerprint density at radius 2 is 0.968 bits per heavy atom. The van der Waals surface area contributed by atoms with Gasteiger partial charge in [0.2, 0.25) is 0 Å². The van der Waals surface area contributed by atoms with Gasteiger partial charge in [0.1, 0.15) is 22.7 Å². The maximum Gasteiger partial charge on any atom is 0.143 e. The lowest BCUT2D eigenvalue weighted by Gasteiger charge is -2.35. The number of ether oxygens (including phenoxy) is 1. The van der Waals surface area contributed by atoms with Crippen LogP contribution in [0.1, 0.15) is 25.0 Å². The topological polar surface area (TPSA) is 27.3 Å². The number of hydrogen-bond acceptors (Lipinski definition) is 2. The first kappa shape index (κ1) is 34.9. The molecule has 0 unspecified atom stereocenters. The van der Waals surface area contributed by atoms with Crippen molar-refractivity contribution in [1.29, 1.82) is 0 Å². The zero-order chi connectivity index (χ0) is 41.1. The number of rotatable bonds is 4. The molecule has 292 valence electrons. The van der Waals surface area contributed by atoms with Crippen LogP contribution in [0.15, 0.2) is 205 Å². The van der Waals surface area contributed by atoms with E-state index >= 15 is 0 Å². The van der Waals surface area contributed by atoms with Crippen LogP contribution in [0.3, 0.4) is 0 Å². The summed E-state index contributed by atoms with van der Waals surface area (Å²) >= 11 is 0. The van der Waals surface area contributed by atoms with Crippen molar-refractivity contribution < 1.29 is 9.15 Å². The third-order valence-electron chi connectivity index (χ3n) is 13.5. The van der Waals surface area contributed by atoms with Gasteiger partial charge in [-0.1, -0.05) is 178 Å². The molecule has 0 atom stereocenters. The van der Waals surface area contributed by atoms with Crippen LogP contribution in [0.2, 0.25) is 0 Å². The number of benzene rings is 10. The van der Waals surface area contributed by atoms with Crippen molar-refractivity contribution in [3.05, 3.63) is 211 Å². The molecule has 12 aromatic rings. The van der Waals surface area contributed by atoms with E-state index in [2.05, 4.69) is 213 Å². The van der Waals surface area contributed by atoms with Crippen LogP contribution >= 0.6 is 0 Å². The molecule has 2 aromatic heterocycles. The molecule has 13 rings (SSSR count). The zero-order valence-electron chi connectivity index (χ0n) is 34.3. The molecule has 0 N–H and O–H groups in total. The quantitative estimate of drug-likeness (QED) is 0.166. The van der Waals surface area contributed by atoms with E-state index in [1.807, 2.05) is 6.07 Å². The van der Waals surface area contributed by atoms with Crippen LogP contribution in [-0.4, -0.2) is 4.57 Å². The van der Waals surface area contributed by atoms with Gasteiger partial charge in [-0.2, -0.15) is 0 Å². The molecule has 0 saturated carbocycles. The van der Waals surface area contributed by atoms with Crippen molar-refractivity contribution in [1.82, 2.24) is 4.57 Å². The molecule has 0 bridgehead atoms. The average Bonchev–Trinajstić information content (AvgIpc) is 3.87. The van der Waals surface area contributed by atoms with Crippen molar-refractivity contribution in [3.8, 4) is 50.6 Å². The van der Waals surface area contributed by atoms with E-state index in [1.54, 1.807) is 0 Å². The number of nitrogens with zero attached hydrogens (tertiary/aromatic N) is 1. The molecule has 62 heavy (non-hydrogen) atoms. The second-order valence-corrected chi connectivity index (χ2v) is 17.1. The lowest BCUT2D eigenvalue weighted by Crippen LogP contribution is -2.24. The molecule has 3 heterocycles. The Labute approximate surface area is 358 Å². The minimum Gasteiger partial charge on any atom is -0.456 e. The lowest BCUT2D eigenvalue weighted by atomic mass is 9.74. The minimum atomic E-state index is -0.248. The summed E-state index contributed by atoms with van der Waals surface area (Å²) in [6.45, 7) is 4.62. The van der Waals surface area contributed by atoms with Crippen LogP contribution in [0.5, 0.6) is 11.5 Å². The highest BCUT2D eigenvalue weighted by Crippen LogP contribution is 2.53. The highest BCUT2D eigenvalue weighted by Gasteiger charge is 2.35. The smallest absolute Gasteiger partial charge is 0.143 e. The number of furan rings is 1. The SMILES string of the molecule is CC1(C)c2ccccc2Oc2c(-c3cccc4c(-c5cccc6c7ccccc7n(-c7ccccc7)c56)c5cccc(-c6cccc7c6oc6ccccc67)c5cc34)cccc21. The Kier molecular flexibility index (Phi) is 7.36. The predicted octanol–water partition coefficient (Wildman–Crippen LogP) is 16.4. The molecule has 0 radical (unpaired) electrons. The molecule has 0 fully saturated rings. The number of fused-ring (bicyclic) bond motifs is 10. The van der Waals surface area contributed by atoms with E-state index in [-0.39, 0.29) is 5.41 Å². The fourth-order valence-corrected chi connectivity index (χ4v) is 10.6. The van der Waals surface area contributed by atoms with Crippen LogP contribution in [0.4, 0.5) is 0 Å². The first-order valence-electron chi connectivity index (χ1n) is 21.4. The summed E-state index contributed by atoms with van der Waals surface area (Å²) < 4.78 is 16.1. The van der Waals surface area contributed by atoms with E-state index in [9.17, 15) is 0 Å². The standard InChI is InChI=1S/C59H39NO2/c1-59(2)50-30-8-11-34-54(50)62-58-45(28-16-31-51(58)59)38-22-13-24-42-49(38)35-48-37(44-26-15-27-46-40-20-7-10-33-53(40)61-57(44)46)21-12-23-41(48)55(42)47-29-14-25-43-39-19-6-9-32-52(39)60(56(43)47)36-17-4-3-5-18-36/h3-35H,1-2H3. The van der Waals surface area contributed by atoms with Gasteiger partial charge in [0.15, 0.2) is 0 Å². The van der Waals surface area contributed by atoms with Crippen LogP contribution in [0, 0.1) is 0 Å². The molecule has 3 heteroatoms. The van der Waals surface area contributed by atoms with Crippen molar-refractivity contribution >= 4 is 65.3 Å². The fraction of sp³-hybridized carbons (Fsp3) is 0.0508. The fourth-order valence-electron chi connectivity index (χ4n) is 10.6. The lowest BCUT2D eigenvalue weighted by molar-refractivity contribution is 0.419. The van der Waals surface area contributed by atoms with Crippen LogP contribution in [-0.2, 0) is 5.41 Å². The summed E-state index contributed by atoms with van der Waals surface area (Å²) in [5, 5.41) is 9.36. The summed E-state index contributed by atoms with van der Waals surface area (Å²) in [7, 11) is 0. The second kappa shape index (κ2) is 13.1. The predicted molar refractivity (Wildman–Crippen MR) is 258 cm³/mol. The van der Waals surface area contributed by atoms with Gasteiger partial charge in [-0.3, -0.25) is 0 Å². The number of para-hydroxylation sites is 7. The zero-order valence-corrected chi connectivity index (χ0v) is 34.3. The van der Waals surface area contributed by atoms with E-state index in [1.165, 1.54) is 54.8 Å². The molecule has 0 aliphatic carbocycles. The van der Waals surface area contributed by atoms with E-state index < -0.39 is 0 Å². The Morgan fingerprint density at radius 3 is 1.77 bits per heavy atom. The van der Waals surface area contributed by atoms with E-state index in [0.29, 0.717) is 0 Å². The maximum absolute atomic E-state index is 6.96. The third-order valence-corrected chi connectivity index (χ3v) is 13.5. The molecule has 0 spiro atoms. The number of aromatic nitrogens is 1. The molecule has 0 saturated heterocycles. The van der Waals surface area contributed by atoms with Crippen molar-refractivity contribution in [2.24, 2.45) is 0 Å². The van der Waals surface area contributed by atoms with Crippen molar-refractivity contribution in [2.45, 2.75) is 19.3 Å². The van der Waals surface area contributed by atoms with E-state index in [0.717, 1.165) is 72.2 Å². The van der Waals surface area contributed by atoms with Crippen molar-refractivity contribution in [3.63, 3.8) is 0 Å². The molecule has 10 aromatic carbocycles. The third kappa shape index (κ3) is 4.88. The first-order chi connectivity index (χ1) is 30.5. The Bertz CT molecular complexity index is 3810. The summed E-state index contributed by atoms with van der Waals surface area (Å²) in [5.41, 5.74) is 14.2. The Morgan fingerprint density at radius 1 is 0.403 bits per heavy atom. The second-order valence-electron chi connectivity index (χ2n) is 17.1. The summed E-state index contributed by atoms with van der Waals surface area (Å²) in [6, 6.07) is 72.5. The van der Waals surface area contributed by atoms with Crippen LogP contribution < -0.4 is 4.74 Å². The van der Waals surface area contributed by atoms with Gasteiger partial charge in [-0.05, 0) is 74.6 Å². The largest absolute Gasteiger partial charge is 0.456 e. The Balaban J connectivity index is 1.18. The summed E-state index contributed by atoms with van der Waals surface area (Å²) in [4.78, 5) is 0. The first-order valence-corrected chi connectivity index (χ1v) is 21.4. The molecular weight excluding hydrogens is 755 g/mol. The van der Waals surface area contributed by atoms with Gasteiger partial charge >= 0.3 is 0 Å². The van der Waals surface area contributed by atoms with Crippen molar-refractivity contribution in [2.75, 3.05) is 0 Å². The highest BCUT2D eigenvalue weighted by atomic mass is 16.5. The van der Waals surface area contributed by atoms with Gasteiger partial charge in [-0.15, -0.1) is 0 Å². The van der Waals surface area contributed by atoms with E-state index in [4.69, 9.17) is 9.15 Å². The monoisotopic (exact) mass is 793 g/mol.